The highest BCUT2D eigenvalue weighted by Crippen LogP contribution is 2.63. The number of piperidine rings is 1. The number of nitrogens with zero attached hydrogens (tertiary/aromatic N) is 3. The maximum atomic E-state index is 11.0. The lowest BCUT2D eigenvalue weighted by atomic mass is 9.91. The van der Waals surface area contributed by atoms with Gasteiger partial charge in [-0.05, 0) is 18.5 Å². The van der Waals surface area contributed by atoms with Crippen molar-refractivity contribution in [3.8, 4) is 6.07 Å². The molecule has 122 valence electrons. The summed E-state index contributed by atoms with van der Waals surface area (Å²) in [5.41, 5.74) is 0.416. The van der Waals surface area contributed by atoms with Crippen molar-refractivity contribution in [3.63, 3.8) is 0 Å². The number of likely N-dealkylation sites (tertiary alicyclic amines) is 1. The number of nitro groups is 1. The zero-order valence-electron chi connectivity index (χ0n) is 13.6. The van der Waals surface area contributed by atoms with Gasteiger partial charge in [0, 0.05) is 37.1 Å². The van der Waals surface area contributed by atoms with Gasteiger partial charge in [-0.15, -0.1) is 0 Å². The number of nitriles is 1. The number of fused-ring (bicyclic) bond motifs is 1. The minimum Gasteiger partial charge on any atom is -0.303 e. The summed E-state index contributed by atoms with van der Waals surface area (Å²) in [7, 11) is 0. The Hall–Kier alpha value is -1.93. The molecule has 0 aromatic heterocycles. The minimum absolute atomic E-state index is 0.0820. The van der Waals surface area contributed by atoms with E-state index in [1.165, 1.54) is 31.7 Å². The average molecular weight is 313 g/mol. The van der Waals surface area contributed by atoms with Crippen LogP contribution in [0.25, 0.3) is 0 Å². The van der Waals surface area contributed by atoms with Crippen molar-refractivity contribution in [2.24, 2.45) is 11.8 Å². The first-order chi connectivity index (χ1) is 11.1. The summed E-state index contributed by atoms with van der Waals surface area (Å²) in [4.78, 5) is 13.0. The maximum absolute atomic E-state index is 11.0. The molecule has 23 heavy (non-hydrogen) atoms. The first kappa shape index (κ1) is 15.9. The van der Waals surface area contributed by atoms with Gasteiger partial charge in [0.15, 0.2) is 0 Å². The molecule has 1 saturated carbocycles. The lowest BCUT2D eigenvalue weighted by molar-refractivity contribution is -0.384. The number of nitro benzene ring substituents is 1. The van der Waals surface area contributed by atoms with Crippen molar-refractivity contribution in [3.05, 3.63) is 39.9 Å². The normalized spacial score (nSPS) is 29.0. The van der Waals surface area contributed by atoms with Crippen molar-refractivity contribution < 1.29 is 4.92 Å². The van der Waals surface area contributed by atoms with Crippen LogP contribution in [0.4, 0.5) is 5.69 Å². The third-order valence-electron chi connectivity index (χ3n) is 5.50. The zero-order valence-corrected chi connectivity index (χ0v) is 13.6. The van der Waals surface area contributed by atoms with Gasteiger partial charge >= 0.3 is 0 Å². The first-order valence-electron chi connectivity index (χ1n) is 8.52. The van der Waals surface area contributed by atoms with Crippen LogP contribution in [0.15, 0.2) is 24.3 Å². The van der Waals surface area contributed by atoms with E-state index in [0.29, 0.717) is 11.8 Å². The average Bonchev–Trinajstić information content (AvgIpc) is 2.95. The number of rotatable bonds is 7. The van der Waals surface area contributed by atoms with Crippen molar-refractivity contribution in [2.45, 2.75) is 38.0 Å². The first-order valence-corrected chi connectivity index (χ1v) is 8.52. The summed E-state index contributed by atoms with van der Waals surface area (Å²) in [5, 5.41) is 20.7. The molecule has 1 saturated heterocycles. The predicted molar refractivity (Wildman–Crippen MR) is 87.9 cm³/mol. The molecule has 0 amide bonds. The van der Waals surface area contributed by atoms with Crippen LogP contribution in [-0.4, -0.2) is 29.5 Å². The fraction of sp³-hybridized carbons (Fsp3) is 0.611. The Kier molecular flexibility index (Phi) is 4.36. The van der Waals surface area contributed by atoms with Crippen molar-refractivity contribution >= 4 is 5.69 Å². The monoisotopic (exact) mass is 313 g/mol. The standard InChI is InChI=1S/C18H23N3O2/c1-2-3-4-5-9-20-11-16-17(12-20)18(16,13-19)14-7-6-8-15(10-14)21(22)23/h6-8,10,16-17H,2-5,9,11-12H2,1H3/t16-,17+,18?. The van der Waals surface area contributed by atoms with Gasteiger partial charge in [0.1, 0.15) is 0 Å². The Labute approximate surface area is 137 Å². The minimum atomic E-state index is -0.494. The van der Waals surface area contributed by atoms with Crippen LogP contribution in [0.3, 0.4) is 0 Å². The summed E-state index contributed by atoms with van der Waals surface area (Å²) in [6.07, 6.45) is 5.03. The van der Waals surface area contributed by atoms with Crippen LogP contribution in [0.2, 0.25) is 0 Å². The molecule has 0 spiro atoms. The van der Waals surface area contributed by atoms with Gasteiger partial charge in [-0.3, -0.25) is 10.1 Å². The van der Waals surface area contributed by atoms with Gasteiger partial charge in [-0.25, -0.2) is 0 Å². The van der Waals surface area contributed by atoms with Crippen LogP contribution < -0.4 is 0 Å². The Balaban J connectivity index is 1.65. The number of hydrogen-bond donors (Lipinski definition) is 0. The lowest BCUT2D eigenvalue weighted by Gasteiger charge is -2.22. The summed E-state index contributed by atoms with van der Waals surface area (Å²) in [6, 6.07) is 9.14. The third-order valence-corrected chi connectivity index (χ3v) is 5.50. The largest absolute Gasteiger partial charge is 0.303 e. The molecule has 1 aliphatic carbocycles. The van der Waals surface area contributed by atoms with Crippen molar-refractivity contribution in [2.75, 3.05) is 19.6 Å². The van der Waals surface area contributed by atoms with Crippen molar-refractivity contribution in [1.82, 2.24) is 4.90 Å². The number of hydrogen-bond acceptors (Lipinski definition) is 4. The van der Waals surface area contributed by atoms with Crippen LogP contribution in [-0.2, 0) is 5.41 Å². The van der Waals surface area contributed by atoms with E-state index in [2.05, 4.69) is 17.9 Å². The Bertz CT molecular complexity index is 625. The number of non-ortho nitro benzene ring substituents is 1. The van der Waals surface area contributed by atoms with Gasteiger partial charge in [-0.2, -0.15) is 5.26 Å². The van der Waals surface area contributed by atoms with E-state index in [1.807, 2.05) is 6.07 Å². The van der Waals surface area contributed by atoms with Crippen LogP contribution >= 0.6 is 0 Å². The molecular weight excluding hydrogens is 290 g/mol. The summed E-state index contributed by atoms with van der Waals surface area (Å²) < 4.78 is 0. The fourth-order valence-electron chi connectivity index (χ4n) is 4.19. The van der Waals surface area contributed by atoms with E-state index < -0.39 is 5.41 Å². The predicted octanol–water partition coefficient (Wildman–Crippen LogP) is 3.50. The van der Waals surface area contributed by atoms with Gasteiger partial charge in [0.25, 0.3) is 5.69 Å². The molecular formula is C18H23N3O2. The molecule has 0 bridgehead atoms. The van der Waals surface area contributed by atoms with E-state index >= 15 is 0 Å². The lowest BCUT2D eigenvalue weighted by Crippen LogP contribution is -2.30. The highest BCUT2D eigenvalue weighted by Gasteiger charge is 2.69. The van der Waals surface area contributed by atoms with Crippen LogP contribution in [0.1, 0.15) is 38.2 Å². The number of benzene rings is 1. The molecule has 1 heterocycles. The summed E-state index contributed by atoms with van der Waals surface area (Å²) >= 11 is 0. The Morgan fingerprint density at radius 3 is 2.70 bits per heavy atom. The molecule has 3 rings (SSSR count). The smallest absolute Gasteiger partial charge is 0.269 e. The molecule has 3 atom stereocenters. The van der Waals surface area contributed by atoms with Crippen molar-refractivity contribution in [1.29, 1.82) is 5.26 Å². The molecule has 5 heteroatoms. The second-order valence-electron chi connectivity index (χ2n) is 6.82. The molecule has 1 aliphatic heterocycles. The van der Waals surface area contributed by atoms with Gasteiger partial charge in [-0.1, -0.05) is 38.3 Å². The maximum Gasteiger partial charge on any atom is 0.269 e. The van der Waals surface area contributed by atoms with Gasteiger partial charge in [0.05, 0.1) is 16.4 Å². The highest BCUT2D eigenvalue weighted by molar-refractivity contribution is 5.50. The summed E-state index contributed by atoms with van der Waals surface area (Å²) in [6.45, 7) is 5.23. The second-order valence-corrected chi connectivity index (χ2v) is 6.82. The summed E-state index contributed by atoms with van der Waals surface area (Å²) in [5.74, 6) is 0.668. The molecule has 0 radical (unpaired) electrons. The molecule has 1 aromatic carbocycles. The SMILES string of the molecule is CCCCCCN1C[C@@H]2[C@H](C1)C2(C#N)c1cccc([N+](=O)[O-])c1. The molecule has 2 fully saturated rings. The van der Waals surface area contributed by atoms with E-state index in [-0.39, 0.29) is 10.6 Å². The van der Waals surface area contributed by atoms with E-state index in [0.717, 1.165) is 25.2 Å². The Morgan fingerprint density at radius 1 is 1.35 bits per heavy atom. The van der Waals surface area contributed by atoms with Gasteiger partial charge in [0.2, 0.25) is 0 Å². The van der Waals surface area contributed by atoms with E-state index in [9.17, 15) is 15.4 Å². The van der Waals surface area contributed by atoms with E-state index in [1.54, 1.807) is 12.1 Å². The molecule has 5 nitrogen and oxygen atoms in total. The number of unbranched alkanes of at least 4 members (excludes halogenated alkanes) is 3. The topological polar surface area (TPSA) is 70.2 Å². The van der Waals surface area contributed by atoms with Crippen LogP contribution in [0.5, 0.6) is 0 Å². The molecule has 1 aromatic rings. The third kappa shape index (κ3) is 2.72. The highest BCUT2D eigenvalue weighted by atomic mass is 16.6. The molecule has 1 unspecified atom stereocenters. The molecule has 0 N–H and O–H groups in total. The Morgan fingerprint density at radius 2 is 2.09 bits per heavy atom. The van der Waals surface area contributed by atoms with Crippen LogP contribution in [0, 0.1) is 33.3 Å². The second kappa shape index (κ2) is 6.29. The quantitative estimate of drug-likeness (QED) is 0.439. The van der Waals surface area contributed by atoms with Gasteiger partial charge < -0.3 is 4.90 Å². The zero-order chi connectivity index (χ0) is 16.4. The molecule has 2 aliphatic rings. The fourth-order valence-corrected chi connectivity index (χ4v) is 4.19. The van der Waals surface area contributed by atoms with E-state index in [4.69, 9.17) is 0 Å².